The van der Waals surface area contributed by atoms with E-state index in [-0.39, 0.29) is 12.5 Å². The molecule has 0 saturated heterocycles. The highest BCUT2D eigenvalue weighted by atomic mass is 16.6. The van der Waals surface area contributed by atoms with E-state index in [9.17, 15) is 9.59 Å². The Morgan fingerprint density at radius 1 is 1.32 bits per heavy atom. The van der Waals surface area contributed by atoms with E-state index in [4.69, 9.17) is 9.47 Å². The zero-order valence-electron chi connectivity index (χ0n) is 16.8. The fraction of sp³-hybridized carbons (Fsp3) is 0.476. The number of fused-ring (bicyclic) bond motifs is 1. The van der Waals surface area contributed by atoms with Gasteiger partial charge in [-0.2, -0.15) is 0 Å². The lowest BCUT2D eigenvalue weighted by Crippen LogP contribution is -2.32. The van der Waals surface area contributed by atoms with Gasteiger partial charge in [-0.25, -0.2) is 14.6 Å². The molecule has 7 heteroatoms. The third-order valence-electron chi connectivity index (χ3n) is 4.20. The number of aromatic nitrogens is 2. The first-order valence-electron chi connectivity index (χ1n) is 9.58. The topological polar surface area (TPSA) is 81.9 Å². The molecule has 2 heterocycles. The van der Waals surface area contributed by atoms with Crippen molar-refractivity contribution in [2.45, 2.75) is 58.6 Å². The van der Waals surface area contributed by atoms with Gasteiger partial charge in [0, 0.05) is 24.0 Å². The first kappa shape index (κ1) is 19.9. The van der Waals surface area contributed by atoms with Crippen LogP contribution < -0.4 is 5.32 Å². The van der Waals surface area contributed by atoms with E-state index in [1.165, 1.54) is 24.5 Å². The summed E-state index contributed by atoms with van der Waals surface area (Å²) in [6.45, 7) is 7.83. The van der Waals surface area contributed by atoms with Gasteiger partial charge in [0.15, 0.2) is 0 Å². The van der Waals surface area contributed by atoms with E-state index in [0.717, 1.165) is 11.2 Å². The number of ether oxygens (including phenoxy) is 2. The molecule has 1 amide bonds. The fourth-order valence-corrected chi connectivity index (χ4v) is 2.87. The number of nitrogens with zero attached hydrogens (tertiary/aromatic N) is 2. The Kier molecular flexibility index (Phi) is 5.72. The van der Waals surface area contributed by atoms with Crippen molar-refractivity contribution in [3.63, 3.8) is 0 Å². The van der Waals surface area contributed by atoms with Gasteiger partial charge in [0.25, 0.3) is 0 Å². The summed E-state index contributed by atoms with van der Waals surface area (Å²) < 4.78 is 12.2. The normalized spacial score (nSPS) is 14.4. The summed E-state index contributed by atoms with van der Waals surface area (Å²) in [6.07, 6.45) is 8.98. The van der Waals surface area contributed by atoms with E-state index >= 15 is 0 Å². The molecule has 1 aliphatic carbocycles. The Morgan fingerprint density at radius 3 is 2.71 bits per heavy atom. The minimum Gasteiger partial charge on any atom is -0.463 e. The lowest BCUT2D eigenvalue weighted by molar-refractivity contribution is -0.137. The molecule has 0 aliphatic heterocycles. The van der Waals surface area contributed by atoms with Crippen LogP contribution in [-0.2, 0) is 20.8 Å². The maximum Gasteiger partial charge on any atom is 0.407 e. The van der Waals surface area contributed by atoms with E-state index in [2.05, 4.69) is 22.6 Å². The average molecular weight is 385 g/mol. The molecule has 2 aromatic heterocycles. The molecule has 0 radical (unpaired) electrons. The molecule has 0 aromatic carbocycles. The van der Waals surface area contributed by atoms with Gasteiger partial charge in [0.2, 0.25) is 0 Å². The molecule has 28 heavy (non-hydrogen) atoms. The Labute approximate surface area is 164 Å². The molecule has 150 valence electrons. The van der Waals surface area contributed by atoms with Gasteiger partial charge in [-0.3, -0.25) is 0 Å². The van der Waals surface area contributed by atoms with Gasteiger partial charge >= 0.3 is 12.1 Å². The third kappa shape index (κ3) is 5.34. The lowest BCUT2D eigenvalue weighted by atomic mass is 10.1. The van der Waals surface area contributed by atoms with Gasteiger partial charge in [0.05, 0.1) is 18.8 Å². The highest BCUT2D eigenvalue weighted by Crippen LogP contribution is 2.40. The highest BCUT2D eigenvalue weighted by Gasteiger charge is 2.25. The number of hydrogen-bond acceptors (Lipinski definition) is 5. The van der Waals surface area contributed by atoms with Crippen molar-refractivity contribution >= 4 is 23.8 Å². The number of hydrogen-bond donors (Lipinski definition) is 1. The van der Waals surface area contributed by atoms with Crippen LogP contribution in [0.3, 0.4) is 0 Å². The van der Waals surface area contributed by atoms with Crippen LogP contribution in [0.5, 0.6) is 0 Å². The van der Waals surface area contributed by atoms with Crippen molar-refractivity contribution in [3.8, 4) is 0 Å². The first-order valence-corrected chi connectivity index (χ1v) is 9.58. The Hall–Kier alpha value is -2.83. The SMILES string of the molecule is CCOC(=O)/C=C/c1cc(C2CC2)cn2cc(CNC(=O)OC(C)(C)C)nc12. The summed E-state index contributed by atoms with van der Waals surface area (Å²) in [6, 6.07) is 2.07. The van der Waals surface area contributed by atoms with Crippen LogP contribution in [0.2, 0.25) is 0 Å². The molecule has 7 nitrogen and oxygen atoms in total. The fourth-order valence-electron chi connectivity index (χ4n) is 2.87. The number of carbonyl (C=O) groups excluding carboxylic acids is 2. The van der Waals surface area contributed by atoms with Crippen molar-refractivity contribution in [2.75, 3.05) is 6.61 Å². The minimum atomic E-state index is -0.548. The molecule has 1 saturated carbocycles. The lowest BCUT2D eigenvalue weighted by Gasteiger charge is -2.19. The highest BCUT2D eigenvalue weighted by molar-refractivity contribution is 5.88. The summed E-state index contributed by atoms with van der Waals surface area (Å²) in [4.78, 5) is 28.2. The van der Waals surface area contributed by atoms with Crippen molar-refractivity contribution in [2.24, 2.45) is 0 Å². The molecule has 1 fully saturated rings. The second-order valence-corrected chi connectivity index (χ2v) is 7.91. The number of nitrogens with one attached hydrogen (secondary N) is 1. The molecular weight excluding hydrogens is 358 g/mol. The van der Waals surface area contributed by atoms with Gasteiger partial charge in [-0.1, -0.05) is 0 Å². The largest absolute Gasteiger partial charge is 0.463 e. The third-order valence-corrected chi connectivity index (χ3v) is 4.20. The standard InChI is InChI=1S/C21H27N3O4/c1-5-27-18(25)9-8-15-10-16(14-6-7-14)12-24-13-17(23-19(15)24)11-22-20(26)28-21(2,3)4/h8-10,12-14H,5-7,11H2,1-4H3,(H,22,26)/b9-8+. The summed E-state index contributed by atoms with van der Waals surface area (Å²) in [7, 11) is 0. The number of pyridine rings is 1. The van der Waals surface area contributed by atoms with Crippen LogP contribution in [0.1, 0.15) is 63.3 Å². The van der Waals surface area contributed by atoms with Gasteiger partial charge in [-0.05, 0) is 64.2 Å². The Bertz CT molecular complexity index is 904. The molecule has 0 unspecified atom stereocenters. The predicted molar refractivity (Wildman–Crippen MR) is 106 cm³/mol. The Morgan fingerprint density at radius 2 is 2.07 bits per heavy atom. The van der Waals surface area contributed by atoms with Crippen LogP contribution in [-0.4, -0.2) is 33.7 Å². The minimum absolute atomic E-state index is 0.260. The van der Waals surface area contributed by atoms with Crippen LogP contribution in [0.25, 0.3) is 11.7 Å². The molecule has 2 aromatic rings. The average Bonchev–Trinajstić information content (AvgIpc) is 3.36. The first-order chi connectivity index (χ1) is 13.2. The molecular formula is C21H27N3O4. The van der Waals surface area contributed by atoms with E-state index in [0.29, 0.717) is 18.2 Å². The molecule has 1 N–H and O–H groups in total. The number of rotatable bonds is 6. The van der Waals surface area contributed by atoms with E-state index < -0.39 is 11.7 Å². The molecule has 0 atom stereocenters. The van der Waals surface area contributed by atoms with Gasteiger partial charge in [-0.15, -0.1) is 0 Å². The molecule has 1 aliphatic rings. The van der Waals surface area contributed by atoms with Crippen LogP contribution in [0.4, 0.5) is 4.79 Å². The zero-order valence-corrected chi connectivity index (χ0v) is 16.8. The number of amides is 1. The summed E-state index contributed by atoms with van der Waals surface area (Å²) in [5, 5.41) is 2.72. The smallest absolute Gasteiger partial charge is 0.407 e. The second-order valence-electron chi connectivity index (χ2n) is 7.91. The monoisotopic (exact) mass is 385 g/mol. The number of esters is 1. The quantitative estimate of drug-likeness (QED) is 0.604. The van der Waals surface area contributed by atoms with Crippen LogP contribution in [0, 0.1) is 0 Å². The predicted octanol–water partition coefficient (Wildman–Crippen LogP) is 3.81. The number of alkyl carbamates (subject to hydrolysis) is 1. The maximum atomic E-state index is 11.9. The maximum absolute atomic E-state index is 11.9. The summed E-state index contributed by atoms with van der Waals surface area (Å²) in [5.74, 6) is 0.181. The van der Waals surface area contributed by atoms with Crippen LogP contribution >= 0.6 is 0 Å². The van der Waals surface area contributed by atoms with Gasteiger partial charge < -0.3 is 19.2 Å². The zero-order chi connectivity index (χ0) is 20.3. The number of carbonyl (C=O) groups is 2. The Balaban J connectivity index is 1.82. The van der Waals surface area contributed by atoms with Gasteiger partial charge in [0.1, 0.15) is 11.2 Å². The van der Waals surface area contributed by atoms with Crippen molar-refractivity contribution in [1.29, 1.82) is 0 Å². The van der Waals surface area contributed by atoms with Crippen molar-refractivity contribution in [3.05, 3.63) is 41.4 Å². The summed E-state index contributed by atoms with van der Waals surface area (Å²) in [5.41, 5.74) is 2.96. The molecule has 0 bridgehead atoms. The van der Waals surface area contributed by atoms with E-state index in [1.54, 1.807) is 13.0 Å². The van der Waals surface area contributed by atoms with Crippen molar-refractivity contribution < 1.29 is 19.1 Å². The van der Waals surface area contributed by atoms with E-state index in [1.807, 2.05) is 31.4 Å². The molecule has 3 rings (SSSR count). The molecule has 0 spiro atoms. The second kappa shape index (κ2) is 8.04. The summed E-state index contributed by atoms with van der Waals surface area (Å²) >= 11 is 0. The number of imidazole rings is 1. The van der Waals surface area contributed by atoms with Crippen molar-refractivity contribution in [1.82, 2.24) is 14.7 Å². The van der Waals surface area contributed by atoms with Crippen LogP contribution in [0.15, 0.2) is 24.5 Å².